The van der Waals surface area contributed by atoms with Crippen molar-refractivity contribution in [1.29, 1.82) is 0 Å². The molecule has 2 amide bonds. The Morgan fingerprint density at radius 3 is 1.81 bits per heavy atom. The number of carbonyl (C=O) groups is 3. The second kappa shape index (κ2) is 7.76. The number of hydrogen-bond donors (Lipinski definition) is 4. The molecule has 2 rings (SSSR count). The standard InChI is InChI=1S/C16H14N2O7S/c19-14(13(26(23,24)25)10-4-2-1-3-5-10)17-11-6-8-12(9-7-11)18-15(20)16(21)22/h1-9,13H,(H,17,19)(H,18,20)(H,21,22)(H,23,24,25). The van der Waals surface area contributed by atoms with Gasteiger partial charge in [0.25, 0.3) is 10.1 Å². The van der Waals surface area contributed by atoms with E-state index >= 15 is 0 Å². The predicted molar refractivity (Wildman–Crippen MR) is 92.1 cm³/mol. The molecule has 0 aliphatic carbocycles. The molecule has 1 atom stereocenters. The zero-order chi connectivity index (χ0) is 19.3. The van der Waals surface area contributed by atoms with Crippen LogP contribution >= 0.6 is 0 Å². The molecule has 4 N–H and O–H groups in total. The molecule has 2 aromatic rings. The third-order valence-corrected chi connectivity index (χ3v) is 4.32. The fraction of sp³-hybridized carbons (Fsp3) is 0.0625. The van der Waals surface area contributed by atoms with Gasteiger partial charge in [-0.3, -0.25) is 14.1 Å². The van der Waals surface area contributed by atoms with Crippen LogP contribution in [0.1, 0.15) is 10.8 Å². The topological polar surface area (TPSA) is 150 Å². The van der Waals surface area contributed by atoms with Crippen molar-refractivity contribution in [3.05, 3.63) is 60.2 Å². The Balaban J connectivity index is 2.17. The van der Waals surface area contributed by atoms with Gasteiger partial charge in [-0.15, -0.1) is 0 Å². The van der Waals surface area contributed by atoms with Crippen LogP contribution in [0.15, 0.2) is 54.6 Å². The Kier molecular flexibility index (Phi) is 5.70. The summed E-state index contributed by atoms with van der Waals surface area (Å²) in [4.78, 5) is 33.8. The van der Waals surface area contributed by atoms with Crippen LogP contribution in [-0.2, 0) is 24.5 Å². The van der Waals surface area contributed by atoms with E-state index in [9.17, 15) is 27.4 Å². The second-order valence-electron chi connectivity index (χ2n) is 5.13. The highest BCUT2D eigenvalue weighted by Crippen LogP contribution is 2.24. The van der Waals surface area contributed by atoms with E-state index < -0.39 is 33.2 Å². The molecule has 9 nitrogen and oxygen atoms in total. The molecule has 0 aliphatic rings. The monoisotopic (exact) mass is 378 g/mol. The van der Waals surface area contributed by atoms with Crippen molar-refractivity contribution in [3.63, 3.8) is 0 Å². The SMILES string of the molecule is O=C(O)C(=O)Nc1ccc(NC(=O)C(c2ccccc2)S(=O)(=O)O)cc1. The highest BCUT2D eigenvalue weighted by molar-refractivity contribution is 7.86. The third kappa shape index (κ3) is 4.88. The van der Waals surface area contributed by atoms with Crippen LogP contribution in [0, 0.1) is 0 Å². The van der Waals surface area contributed by atoms with Crippen LogP contribution in [-0.4, -0.2) is 35.9 Å². The van der Waals surface area contributed by atoms with Crippen LogP contribution in [0.5, 0.6) is 0 Å². The van der Waals surface area contributed by atoms with Gasteiger partial charge in [0.15, 0.2) is 5.25 Å². The lowest BCUT2D eigenvalue weighted by molar-refractivity contribution is -0.147. The van der Waals surface area contributed by atoms with Crippen molar-refractivity contribution in [3.8, 4) is 0 Å². The maximum Gasteiger partial charge on any atom is 0.394 e. The Morgan fingerprint density at radius 2 is 1.35 bits per heavy atom. The van der Waals surface area contributed by atoms with Crippen LogP contribution in [0.4, 0.5) is 11.4 Å². The van der Waals surface area contributed by atoms with Gasteiger partial charge < -0.3 is 15.7 Å². The number of carboxylic acids is 1. The van der Waals surface area contributed by atoms with E-state index in [4.69, 9.17) is 5.11 Å². The molecule has 0 aliphatic heterocycles. The minimum Gasteiger partial charge on any atom is -0.474 e. The number of anilines is 2. The van der Waals surface area contributed by atoms with Crippen LogP contribution in [0.3, 0.4) is 0 Å². The minimum absolute atomic E-state index is 0.0952. The number of aliphatic carboxylic acids is 1. The highest BCUT2D eigenvalue weighted by Gasteiger charge is 2.32. The lowest BCUT2D eigenvalue weighted by Gasteiger charge is -2.14. The second-order valence-corrected chi connectivity index (χ2v) is 6.63. The molecule has 0 radical (unpaired) electrons. The molecular weight excluding hydrogens is 364 g/mol. The number of benzene rings is 2. The summed E-state index contributed by atoms with van der Waals surface area (Å²) < 4.78 is 32.6. The quantitative estimate of drug-likeness (QED) is 0.452. The van der Waals surface area contributed by atoms with Crippen LogP contribution in [0.25, 0.3) is 0 Å². The average Bonchev–Trinajstić information content (AvgIpc) is 2.56. The van der Waals surface area contributed by atoms with Crippen molar-refractivity contribution >= 4 is 39.3 Å². The summed E-state index contributed by atoms with van der Waals surface area (Å²) in [7, 11) is -4.71. The van der Waals surface area contributed by atoms with Gasteiger partial charge in [0.05, 0.1) is 0 Å². The largest absolute Gasteiger partial charge is 0.474 e. The van der Waals surface area contributed by atoms with Crippen molar-refractivity contribution in [2.75, 3.05) is 10.6 Å². The number of hydrogen-bond acceptors (Lipinski definition) is 5. The summed E-state index contributed by atoms with van der Waals surface area (Å²) in [6.45, 7) is 0. The smallest absolute Gasteiger partial charge is 0.394 e. The zero-order valence-corrected chi connectivity index (χ0v) is 13.9. The maximum atomic E-state index is 12.3. The lowest BCUT2D eigenvalue weighted by Crippen LogP contribution is -2.27. The first kappa shape index (κ1) is 19.1. The molecular formula is C16H14N2O7S. The molecule has 0 spiro atoms. The fourth-order valence-corrected chi connectivity index (χ4v) is 2.95. The Hall–Kier alpha value is -3.24. The van der Waals surface area contributed by atoms with Gasteiger partial charge in [-0.1, -0.05) is 30.3 Å². The average molecular weight is 378 g/mol. The first-order chi connectivity index (χ1) is 12.2. The summed E-state index contributed by atoms with van der Waals surface area (Å²) in [5.74, 6) is -3.85. The van der Waals surface area contributed by atoms with Crippen LogP contribution < -0.4 is 10.6 Å². The number of carboxylic acid groups (broad SMARTS) is 1. The Labute approximate surface area is 148 Å². The molecule has 0 saturated carbocycles. The van der Waals surface area contributed by atoms with E-state index in [0.717, 1.165) is 0 Å². The number of carbonyl (C=O) groups excluding carboxylic acids is 2. The minimum atomic E-state index is -4.71. The molecule has 0 bridgehead atoms. The van der Waals surface area contributed by atoms with Gasteiger partial charge in [0.1, 0.15) is 0 Å². The summed E-state index contributed by atoms with van der Waals surface area (Å²) in [6.07, 6.45) is 0. The van der Waals surface area contributed by atoms with E-state index in [-0.39, 0.29) is 16.9 Å². The highest BCUT2D eigenvalue weighted by atomic mass is 32.2. The van der Waals surface area contributed by atoms with E-state index in [1.807, 2.05) is 0 Å². The number of nitrogens with one attached hydrogen (secondary N) is 2. The molecule has 10 heteroatoms. The molecule has 0 fully saturated rings. The molecule has 136 valence electrons. The van der Waals surface area contributed by atoms with Gasteiger partial charge in [-0.05, 0) is 29.8 Å². The lowest BCUT2D eigenvalue weighted by atomic mass is 10.1. The van der Waals surface area contributed by atoms with Gasteiger partial charge in [0, 0.05) is 11.4 Å². The summed E-state index contributed by atoms with van der Waals surface area (Å²) in [6, 6.07) is 12.8. The van der Waals surface area contributed by atoms with E-state index in [2.05, 4.69) is 10.6 Å². The molecule has 1 unspecified atom stereocenters. The fourth-order valence-electron chi connectivity index (χ4n) is 2.12. The van der Waals surface area contributed by atoms with Crippen molar-refractivity contribution < 1.29 is 32.5 Å². The molecule has 0 heterocycles. The van der Waals surface area contributed by atoms with Gasteiger partial charge in [0.2, 0.25) is 5.91 Å². The van der Waals surface area contributed by atoms with Crippen molar-refractivity contribution in [2.24, 2.45) is 0 Å². The summed E-state index contributed by atoms with van der Waals surface area (Å²) in [5.41, 5.74) is 0.454. The normalized spacial score (nSPS) is 12.0. The first-order valence-electron chi connectivity index (χ1n) is 7.15. The number of rotatable bonds is 5. The van der Waals surface area contributed by atoms with Gasteiger partial charge in [-0.2, -0.15) is 8.42 Å². The maximum absolute atomic E-state index is 12.3. The molecule has 2 aromatic carbocycles. The molecule has 26 heavy (non-hydrogen) atoms. The van der Waals surface area contributed by atoms with Gasteiger partial charge >= 0.3 is 11.9 Å². The van der Waals surface area contributed by atoms with E-state index in [0.29, 0.717) is 0 Å². The zero-order valence-electron chi connectivity index (χ0n) is 13.1. The predicted octanol–water partition coefficient (Wildman–Crippen LogP) is 1.28. The first-order valence-corrected chi connectivity index (χ1v) is 8.65. The molecule has 0 aromatic heterocycles. The van der Waals surface area contributed by atoms with E-state index in [1.54, 1.807) is 6.07 Å². The van der Waals surface area contributed by atoms with Gasteiger partial charge in [-0.25, -0.2) is 4.79 Å². The summed E-state index contributed by atoms with van der Waals surface area (Å²) in [5, 5.41) is 11.2. The van der Waals surface area contributed by atoms with E-state index in [1.165, 1.54) is 48.5 Å². The Bertz CT molecular complexity index is 925. The number of amides is 2. The summed E-state index contributed by atoms with van der Waals surface area (Å²) >= 11 is 0. The van der Waals surface area contributed by atoms with Crippen LogP contribution in [0.2, 0.25) is 0 Å². The molecule has 0 saturated heterocycles. The Morgan fingerprint density at radius 1 is 0.846 bits per heavy atom. The van der Waals surface area contributed by atoms with Crippen molar-refractivity contribution in [1.82, 2.24) is 0 Å². The third-order valence-electron chi connectivity index (χ3n) is 3.24. The van der Waals surface area contributed by atoms with Crippen molar-refractivity contribution in [2.45, 2.75) is 5.25 Å².